The molecular formula is C12H18N2O7S. The molecule has 10 heteroatoms. The van der Waals surface area contributed by atoms with Crippen LogP contribution in [-0.2, 0) is 14.8 Å². The van der Waals surface area contributed by atoms with Crippen LogP contribution in [0.25, 0.3) is 0 Å². The summed E-state index contributed by atoms with van der Waals surface area (Å²) in [5.74, 6) is 0. The molecule has 1 aliphatic heterocycles. The number of aliphatic hydroxyl groups excluding tert-OH is 4. The highest BCUT2D eigenvalue weighted by Gasteiger charge is 2.43. The number of nitrogens with one attached hydrogen (secondary N) is 1. The van der Waals surface area contributed by atoms with Gasteiger partial charge in [0.2, 0.25) is 10.0 Å². The molecule has 22 heavy (non-hydrogen) atoms. The molecule has 124 valence electrons. The van der Waals surface area contributed by atoms with Crippen LogP contribution in [0.15, 0.2) is 29.2 Å². The topological polar surface area (TPSA) is 162 Å². The molecule has 9 nitrogen and oxygen atoms in total. The lowest BCUT2D eigenvalue weighted by Crippen LogP contribution is -2.60. The van der Waals surface area contributed by atoms with E-state index in [1.165, 1.54) is 24.3 Å². The standard InChI is InChI=1S/C12H18N2O7S/c13-22(19,20)7-3-1-6(2-4-7)14-12-11(18)10(17)9(16)8(5-15)21-12/h1-4,8-12,14-18H,5H2,(H2,13,19,20)/t8-,9+,10-,11+,12+/m0/s1. The van der Waals surface area contributed by atoms with Crippen LogP contribution in [0.5, 0.6) is 0 Å². The molecule has 0 saturated carbocycles. The quantitative estimate of drug-likeness (QED) is 0.353. The van der Waals surface area contributed by atoms with E-state index in [1.807, 2.05) is 0 Å². The number of rotatable bonds is 4. The van der Waals surface area contributed by atoms with E-state index in [4.69, 9.17) is 15.0 Å². The van der Waals surface area contributed by atoms with E-state index in [9.17, 15) is 23.7 Å². The Kier molecular flexibility index (Phi) is 5.02. The second-order valence-corrected chi connectivity index (χ2v) is 6.52. The SMILES string of the molecule is NS(=O)(=O)c1ccc(N[C@@H]2O[C@@H](CO)[C@@H](O)[C@H](O)[C@H]2O)cc1. The van der Waals surface area contributed by atoms with Gasteiger partial charge in [-0.2, -0.15) is 0 Å². The highest BCUT2D eigenvalue weighted by atomic mass is 32.2. The predicted octanol–water partition coefficient (Wildman–Crippen LogP) is -2.45. The second-order valence-electron chi connectivity index (χ2n) is 4.96. The molecule has 7 N–H and O–H groups in total. The Morgan fingerprint density at radius 3 is 2.18 bits per heavy atom. The smallest absolute Gasteiger partial charge is 0.238 e. The third-order valence-electron chi connectivity index (χ3n) is 3.38. The zero-order valence-electron chi connectivity index (χ0n) is 11.4. The van der Waals surface area contributed by atoms with E-state index >= 15 is 0 Å². The zero-order valence-corrected chi connectivity index (χ0v) is 12.2. The lowest BCUT2D eigenvalue weighted by Gasteiger charge is -2.40. The van der Waals surface area contributed by atoms with Crippen molar-refractivity contribution >= 4 is 15.7 Å². The highest BCUT2D eigenvalue weighted by Crippen LogP contribution is 2.23. The van der Waals surface area contributed by atoms with Crippen molar-refractivity contribution in [1.29, 1.82) is 0 Å². The average molecular weight is 334 g/mol. The minimum Gasteiger partial charge on any atom is -0.394 e. The largest absolute Gasteiger partial charge is 0.394 e. The van der Waals surface area contributed by atoms with Gasteiger partial charge in [-0.15, -0.1) is 0 Å². The first-order chi connectivity index (χ1) is 10.2. The number of nitrogens with two attached hydrogens (primary N) is 1. The lowest BCUT2D eigenvalue weighted by atomic mass is 9.98. The number of sulfonamides is 1. The lowest BCUT2D eigenvalue weighted by molar-refractivity contribution is -0.221. The maximum atomic E-state index is 11.2. The number of aliphatic hydroxyl groups is 4. The summed E-state index contributed by atoms with van der Waals surface area (Å²) in [6, 6.07) is 5.34. The number of ether oxygens (including phenoxy) is 1. The van der Waals surface area contributed by atoms with Gasteiger partial charge in [-0.05, 0) is 24.3 Å². The van der Waals surface area contributed by atoms with Gasteiger partial charge in [0.25, 0.3) is 0 Å². The number of hydrogen-bond donors (Lipinski definition) is 6. The molecule has 0 bridgehead atoms. The summed E-state index contributed by atoms with van der Waals surface area (Å²) < 4.78 is 27.6. The van der Waals surface area contributed by atoms with Crippen LogP contribution in [0, 0.1) is 0 Å². The Morgan fingerprint density at radius 1 is 1.09 bits per heavy atom. The Morgan fingerprint density at radius 2 is 1.68 bits per heavy atom. The number of hydrogen-bond acceptors (Lipinski definition) is 8. The van der Waals surface area contributed by atoms with Gasteiger partial charge in [0, 0.05) is 5.69 Å². The molecular weight excluding hydrogens is 316 g/mol. The average Bonchev–Trinajstić information content (AvgIpc) is 2.47. The van der Waals surface area contributed by atoms with Crippen LogP contribution in [0.2, 0.25) is 0 Å². The van der Waals surface area contributed by atoms with Crippen LogP contribution in [0.4, 0.5) is 5.69 Å². The fraction of sp³-hybridized carbons (Fsp3) is 0.500. The van der Waals surface area contributed by atoms with Gasteiger partial charge in [-0.3, -0.25) is 0 Å². The summed E-state index contributed by atoms with van der Waals surface area (Å²) in [4.78, 5) is -0.0770. The molecule has 1 aromatic carbocycles. The fourth-order valence-corrected chi connectivity index (χ4v) is 2.64. The Labute approximate surface area is 127 Å². The van der Waals surface area contributed by atoms with Crippen LogP contribution in [0.1, 0.15) is 0 Å². The molecule has 0 aromatic heterocycles. The first kappa shape index (κ1) is 17.1. The van der Waals surface area contributed by atoms with Crippen molar-refractivity contribution in [1.82, 2.24) is 0 Å². The van der Waals surface area contributed by atoms with Gasteiger partial charge >= 0.3 is 0 Å². The van der Waals surface area contributed by atoms with Crippen molar-refractivity contribution in [2.75, 3.05) is 11.9 Å². The Hall–Kier alpha value is -1.27. The summed E-state index contributed by atoms with van der Waals surface area (Å²) in [7, 11) is -3.81. The number of benzene rings is 1. The van der Waals surface area contributed by atoms with Gasteiger partial charge in [0.15, 0.2) is 6.23 Å². The van der Waals surface area contributed by atoms with Crippen LogP contribution >= 0.6 is 0 Å². The van der Waals surface area contributed by atoms with Crippen molar-refractivity contribution in [3.8, 4) is 0 Å². The molecule has 0 amide bonds. The summed E-state index contributed by atoms with van der Waals surface area (Å²) in [5.41, 5.74) is 0.400. The van der Waals surface area contributed by atoms with E-state index < -0.39 is 47.3 Å². The van der Waals surface area contributed by atoms with Gasteiger partial charge in [0.1, 0.15) is 24.4 Å². The van der Waals surface area contributed by atoms with E-state index in [0.717, 1.165) is 0 Å². The molecule has 0 unspecified atom stereocenters. The highest BCUT2D eigenvalue weighted by molar-refractivity contribution is 7.89. The Balaban J connectivity index is 2.12. The summed E-state index contributed by atoms with van der Waals surface area (Å²) in [5, 5.41) is 46.0. The van der Waals surface area contributed by atoms with Gasteiger partial charge < -0.3 is 30.5 Å². The third kappa shape index (κ3) is 3.55. The van der Waals surface area contributed by atoms with E-state index in [2.05, 4.69) is 5.32 Å². The molecule has 0 radical (unpaired) electrons. The van der Waals surface area contributed by atoms with E-state index in [-0.39, 0.29) is 4.90 Å². The molecule has 0 aliphatic carbocycles. The third-order valence-corrected chi connectivity index (χ3v) is 4.31. The Bertz CT molecular complexity index is 604. The van der Waals surface area contributed by atoms with Crippen molar-refractivity contribution in [3.05, 3.63) is 24.3 Å². The first-order valence-electron chi connectivity index (χ1n) is 6.44. The number of anilines is 1. The first-order valence-corrected chi connectivity index (χ1v) is 7.98. The number of primary sulfonamides is 1. The predicted molar refractivity (Wildman–Crippen MR) is 75.2 cm³/mol. The molecule has 1 aliphatic rings. The molecule has 0 spiro atoms. The summed E-state index contributed by atoms with van der Waals surface area (Å²) >= 11 is 0. The van der Waals surface area contributed by atoms with Gasteiger partial charge in [-0.25, -0.2) is 13.6 Å². The van der Waals surface area contributed by atoms with Gasteiger partial charge in [0.05, 0.1) is 11.5 Å². The summed E-state index contributed by atoms with van der Waals surface area (Å²) in [6.07, 6.45) is -6.49. The second kappa shape index (κ2) is 6.46. The maximum Gasteiger partial charge on any atom is 0.238 e. The molecule has 1 saturated heterocycles. The van der Waals surface area contributed by atoms with Crippen molar-refractivity contribution in [2.45, 2.75) is 35.5 Å². The fourth-order valence-electron chi connectivity index (χ4n) is 2.13. The molecule has 2 rings (SSSR count). The normalized spacial score (nSPS) is 32.7. The van der Waals surface area contributed by atoms with Crippen molar-refractivity contribution in [3.63, 3.8) is 0 Å². The summed E-state index contributed by atoms with van der Waals surface area (Å²) in [6.45, 7) is -0.534. The van der Waals surface area contributed by atoms with Crippen molar-refractivity contribution in [2.24, 2.45) is 5.14 Å². The minimum atomic E-state index is -3.81. The van der Waals surface area contributed by atoms with E-state index in [1.54, 1.807) is 0 Å². The van der Waals surface area contributed by atoms with Gasteiger partial charge in [-0.1, -0.05) is 0 Å². The zero-order chi connectivity index (χ0) is 16.5. The van der Waals surface area contributed by atoms with Crippen LogP contribution in [-0.4, -0.2) is 66.1 Å². The monoisotopic (exact) mass is 334 g/mol. The molecule has 1 fully saturated rings. The molecule has 1 heterocycles. The maximum absolute atomic E-state index is 11.2. The molecule has 1 aromatic rings. The van der Waals surface area contributed by atoms with Crippen LogP contribution < -0.4 is 10.5 Å². The minimum absolute atomic E-state index is 0.0770. The molecule has 5 atom stereocenters. The van der Waals surface area contributed by atoms with Crippen molar-refractivity contribution < 1.29 is 33.6 Å². The van der Waals surface area contributed by atoms with E-state index in [0.29, 0.717) is 5.69 Å². The van der Waals surface area contributed by atoms with Crippen LogP contribution in [0.3, 0.4) is 0 Å².